The molecule has 3 rings (SSSR count). The normalized spacial score (nSPS) is 23.9. The average molecular weight is 345 g/mol. The molecule has 2 aliphatic rings. The monoisotopic (exact) mass is 345 g/mol. The van der Waals surface area contributed by atoms with Gasteiger partial charge < -0.3 is 19.1 Å². The molecular weight excluding hydrogens is 318 g/mol. The number of hydrogen-bond acceptors (Lipinski definition) is 4. The lowest BCUT2D eigenvalue weighted by molar-refractivity contribution is -0.157. The maximum absolute atomic E-state index is 12.4. The van der Waals surface area contributed by atoms with Gasteiger partial charge in [-0.05, 0) is 43.7 Å². The highest BCUT2D eigenvalue weighted by atomic mass is 16.7. The van der Waals surface area contributed by atoms with Crippen molar-refractivity contribution in [2.75, 3.05) is 19.8 Å². The fraction of sp³-hybridized carbons (Fsp3) is 0.550. The fourth-order valence-corrected chi connectivity index (χ4v) is 3.22. The third kappa shape index (κ3) is 5.06. The van der Waals surface area contributed by atoms with E-state index in [9.17, 15) is 4.79 Å². The zero-order chi connectivity index (χ0) is 17.5. The van der Waals surface area contributed by atoms with Gasteiger partial charge in [-0.1, -0.05) is 36.4 Å². The molecule has 1 aromatic carbocycles. The van der Waals surface area contributed by atoms with Crippen LogP contribution in [0.2, 0.25) is 0 Å². The van der Waals surface area contributed by atoms with Gasteiger partial charge in [0.15, 0.2) is 6.29 Å². The van der Waals surface area contributed by atoms with Gasteiger partial charge in [0.1, 0.15) is 6.61 Å². The van der Waals surface area contributed by atoms with Crippen molar-refractivity contribution in [3.05, 3.63) is 47.5 Å². The molecule has 5 nitrogen and oxygen atoms in total. The van der Waals surface area contributed by atoms with Gasteiger partial charge in [-0.25, -0.2) is 4.79 Å². The number of carbonyl (C=O) groups is 1. The van der Waals surface area contributed by atoms with Crippen LogP contribution in [0.15, 0.2) is 42.0 Å². The second-order valence-electron chi connectivity index (χ2n) is 6.58. The molecule has 1 saturated heterocycles. The Morgan fingerprint density at radius 1 is 1.24 bits per heavy atom. The summed E-state index contributed by atoms with van der Waals surface area (Å²) in [5.74, 6) is 0. The Morgan fingerprint density at radius 3 is 2.84 bits per heavy atom. The fourth-order valence-electron chi connectivity index (χ4n) is 3.22. The second-order valence-corrected chi connectivity index (χ2v) is 6.58. The SMILES string of the molecule is CC1C(COC2CCCCO2)=CCCN1C(=O)OCc1ccccc1. The summed E-state index contributed by atoms with van der Waals surface area (Å²) >= 11 is 0. The molecule has 0 saturated carbocycles. The van der Waals surface area contributed by atoms with Crippen LogP contribution in [0.5, 0.6) is 0 Å². The van der Waals surface area contributed by atoms with Crippen LogP contribution in [0.3, 0.4) is 0 Å². The number of hydrogen-bond donors (Lipinski definition) is 0. The van der Waals surface area contributed by atoms with Crippen LogP contribution in [0.4, 0.5) is 4.79 Å². The minimum Gasteiger partial charge on any atom is -0.445 e. The van der Waals surface area contributed by atoms with E-state index in [4.69, 9.17) is 14.2 Å². The molecule has 5 heteroatoms. The van der Waals surface area contributed by atoms with Crippen molar-refractivity contribution in [1.82, 2.24) is 4.90 Å². The van der Waals surface area contributed by atoms with Gasteiger partial charge in [-0.2, -0.15) is 0 Å². The smallest absolute Gasteiger partial charge is 0.410 e. The molecule has 0 bridgehead atoms. The van der Waals surface area contributed by atoms with Crippen molar-refractivity contribution in [2.24, 2.45) is 0 Å². The molecule has 0 radical (unpaired) electrons. The molecule has 0 aromatic heterocycles. The van der Waals surface area contributed by atoms with Crippen molar-refractivity contribution in [2.45, 2.75) is 51.5 Å². The molecule has 0 N–H and O–H groups in total. The van der Waals surface area contributed by atoms with E-state index < -0.39 is 0 Å². The molecule has 136 valence electrons. The highest BCUT2D eigenvalue weighted by molar-refractivity contribution is 5.69. The number of carbonyl (C=O) groups excluding carboxylic acids is 1. The summed E-state index contributed by atoms with van der Waals surface area (Å²) in [7, 11) is 0. The van der Waals surface area contributed by atoms with Crippen molar-refractivity contribution in [3.8, 4) is 0 Å². The number of amides is 1. The molecule has 1 aromatic rings. The topological polar surface area (TPSA) is 48.0 Å². The van der Waals surface area contributed by atoms with Crippen LogP contribution in [0, 0.1) is 0 Å². The first-order valence-corrected chi connectivity index (χ1v) is 9.13. The van der Waals surface area contributed by atoms with Gasteiger partial charge in [0.05, 0.1) is 12.6 Å². The number of ether oxygens (including phenoxy) is 3. The van der Waals surface area contributed by atoms with Crippen LogP contribution in [0.1, 0.15) is 38.2 Å². The van der Waals surface area contributed by atoms with E-state index in [1.807, 2.05) is 37.3 Å². The minimum absolute atomic E-state index is 0.0133. The third-order valence-electron chi connectivity index (χ3n) is 4.79. The van der Waals surface area contributed by atoms with Crippen molar-refractivity contribution < 1.29 is 19.0 Å². The zero-order valence-electron chi connectivity index (χ0n) is 14.9. The van der Waals surface area contributed by atoms with Crippen molar-refractivity contribution >= 4 is 6.09 Å². The molecular formula is C20H27NO4. The Kier molecular flexibility index (Phi) is 6.48. The maximum Gasteiger partial charge on any atom is 0.410 e. The summed E-state index contributed by atoms with van der Waals surface area (Å²) in [4.78, 5) is 14.2. The molecule has 2 aliphatic heterocycles. The Balaban J connectivity index is 1.49. The van der Waals surface area contributed by atoms with Gasteiger partial charge in [-0.3, -0.25) is 0 Å². The van der Waals surface area contributed by atoms with E-state index >= 15 is 0 Å². The van der Waals surface area contributed by atoms with Gasteiger partial charge in [0.2, 0.25) is 0 Å². The summed E-state index contributed by atoms with van der Waals surface area (Å²) in [6.45, 7) is 4.29. The highest BCUT2D eigenvalue weighted by Crippen LogP contribution is 2.22. The second kappa shape index (κ2) is 9.02. The quantitative estimate of drug-likeness (QED) is 0.760. The Labute approximate surface area is 149 Å². The highest BCUT2D eigenvalue weighted by Gasteiger charge is 2.27. The largest absolute Gasteiger partial charge is 0.445 e. The lowest BCUT2D eigenvalue weighted by atomic mass is 10.0. The predicted octanol–water partition coefficient (Wildman–Crippen LogP) is 3.89. The van der Waals surface area contributed by atoms with Crippen molar-refractivity contribution in [1.29, 1.82) is 0 Å². The van der Waals surface area contributed by atoms with E-state index in [1.165, 1.54) is 0 Å². The van der Waals surface area contributed by atoms with Crippen LogP contribution in [-0.2, 0) is 20.8 Å². The summed E-state index contributed by atoms with van der Waals surface area (Å²) in [6.07, 6.45) is 5.84. The zero-order valence-corrected chi connectivity index (χ0v) is 14.9. The summed E-state index contributed by atoms with van der Waals surface area (Å²) < 4.78 is 17.0. The van der Waals surface area contributed by atoms with Gasteiger partial charge in [-0.15, -0.1) is 0 Å². The Morgan fingerprint density at radius 2 is 2.08 bits per heavy atom. The predicted molar refractivity (Wildman–Crippen MR) is 95.0 cm³/mol. The van der Waals surface area contributed by atoms with E-state index in [2.05, 4.69) is 6.08 Å². The Bertz CT molecular complexity index is 581. The van der Waals surface area contributed by atoms with E-state index in [0.717, 1.165) is 43.4 Å². The van der Waals surface area contributed by atoms with Crippen LogP contribution in [-0.4, -0.2) is 43.1 Å². The van der Waals surface area contributed by atoms with Crippen LogP contribution >= 0.6 is 0 Å². The molecule has 1 amide bonds. The Hall–Kier alpha value is -1.85. The lowest BCUT2D eigenvalue weighted by Crippen LogP contribution is -2.44. The molecule has 25 heavy (non-hydrogen) atoms. The molecule has 0 spiro atoms. The summed E-state index contributed by atoms with van der Waals surface area (Å²) in [6, 6.07) is 9.73. The third-order valence-corrected chi connectivity index (χ3v) is 4.79. The minimum atomic E-state index is -0.268. The van der Waals surface area contributed by atoms with E-state index in [1.54, 1.807) is 4.90 Å². The average Bonchev–Trinajstić information content (AvgIpc) is 2.67. The number of rotatable bonds is 5. The maximum atomic E-state index is 12.4. The lowest BCUT2D eigenvalue weighted by Gasteiger charge is -2.34. The molecule has 0 aliphatic carbocycles. The molecule has 2 heterocycles. The van der Waals surface area contributed by atoms with E-state index in [-0.39, 0.29) is 18.4 Å². The standard InChI is InChI=1S/C20H27NO4/c1-16-18(15-24-19-11-5-6-13-23-19)10-7-12-21(16)20(22)25-14-17-8-3-2-4-9-17/h2-4,8-10,16,19H,5-7,11-15H2,1H3. The first-order valence-electron chi connectivity index (χ1n) is 9.13. The molecule has 2 atom stereocenters. The first kappa shape index (κ1) is 18.0. The number of nitrogens with zero attached hydrogens (tertiary/aromatic N) is 1. The van der Waals surface area contributed by atoms with Crippen LogP contribution < -0.4 is 0 Å². The molecule has 1 fully saturated rings. The van der Waals surface area contributed by atoms with Gasteiger partial charge >= 0.3 is 6.09 Å². The van der Waals surface area contributed by atoms with Crippen LogP contribution in [0.25, 0.3) is 0 Å². The van der Waals surface area contributed by atoms with Gasteiger partial charge in [0.25, 0.3) is 0 Å². The number of benzene rings is 1. The van der Waals surface area contributed by atoms with Crippen molar-refractivity contribution in [3.63, 3.8) is 0 Å². The van der Waals surface area contributed by atoms with E-state index in [0.29, 0.717) is 19.8 Å². The summed E-state index contributed by atoms with van der Waals surface area (Å²) in [5, 5.41) is 0. The summed E-state index contributed by atoms with van der Waals surface area (Å²) in [5.41, 5.74) is 2.12. The molecule has 2 unspecified atom stereocenters. The first-order chi connectivity index (χ1) is 12.2. The van der Waals surface area contributed by atoms with Gasteiger partial charge in [0, 0.05) is 13.2 Å².